The Balaban J connectivity index is 3.19. The number of nitrogen functional groups attached to an aromatic ring is 1. The fourth-order valence-electron chi connectivity index (χ4n) is 1.25. The predicted molar refractivity (Wildman–Crippen MR) is 61.0 cm³/mol. The number of pyridine rings is 1. The first-order valence-corrected chi connectivity index (χ1v) is 5.17. The Bertz CT molecular complexity index is 391. The second kappa shape index (κ2) is 5.34. The molecule has 0 radical (unpaired) electrons. The van der Waals surface area contributed by atoms with E-state index in [4.69, 9.17) is 15.2 Å². The molecule has 0 unspecified atom stereocenters. The van der Waals surface area contributed by atoms with Gasteiger partial charge in [-0.05, 0) is 26.8 Å². The van der Waals surface area contributed by atoms with Crippen LogP contribution in [-0.2, 0) is 0 Å². The number of hydrogen-bond acceptors (Lipinski definition) is 5. The fraction of sp³-hybridized carbons (Fsp3) is 0.455. The number of nitrogens with two attached hydrogens (primary N) is 1. The van der Waals surface area contributed by atoms with Gasteiger partial charge in [0.05, 0.1) is 24.5 Å². The lowest BCUT2D eigenvalue weighted by atomic mass is 10.2. The van der Waals surface area contributed by atoms with Gasteiger partial charge in [0.2, 0.25) is 11.8 Å². The van der Waals surface area contributed by atoms with Crippen LogP contribution in [0.1, 0.15) is 31.1 Å². The number of aromatic nitrogens is 1. The number of Topliss-reactive ketones (excluding diaryl/α,β-unsaturated/α-hetero) is 1. The van der Waals surface area contributed by atoms with Crippen LogP contribution in [0.3, 0.4) is 0 Å². The molecule has 0 saturated heterocycles. The van der Waals surface area contributed by atoms with Gasteiger partial charge in [0, 0.05) is 0 Å². The molecule has 0 spiro atoms. The maximum atomic E-state index is 11.3. The molecule has 0 bridgehead atoms. The molecular weight excluding hydrogens is 208 g/mol. The normalized spacial score (nSPS) is 9.94. The minimum atomic E-state index is -0.134. The second-order valence-electron chi connectivity index (χ2n) is 3.16. The Morgan fingerprint density at radius 2 is 1.88 bits per heavy atom. The molecule has 88 valence electrons. The third-order valence-corrected chi connectivity index (χ3v) is 1.92. The van der Waals surface area contributed by atoms with Crippen molar-refractivity contribution in [3.05, 3.63) is 11.6 Å². The third-order valence-electron chi connectivity index (χ3n) is 1.92. The molecule has 0 amide bonds. The number of hydrogen-bond donors (Lipinski definition) is 1. The minimum absolute atomic E-state index is 0.134. The largest absolute Gasteiger partial charge is 0.477 e. The van der Waals surface area contributed by atoms with E-state index in [-0.39, 0.29) is 11.7 Å². The van der Waals surface area contributed by atoms with Crippen LogP contribution in [0.5, 0.6) is 11.8 Å². The molecule has 1 rings (SSSR count). The summed E-state index contributed by atoms with van der Waals surface area (Å²) in [6.07, 6.45) is 0. The smallest absolute Gasteiger partial charge is 0.240 e. The topological polar surface area (TPSA) is 74.4 Å². The molecule has 0 fully saturated rings. The fourth-order valence-corrected chi connectivity index (χ4v) is 1.25. The average molecular weight is 224 g/mol. The highest BCUT2D eigenvalue weighted by molar-refractivity contribution is 5.97. The number of carbonyl (C=O) groups excluding carboxylic acids is 1. The molecule has 1 aromatic rings. The lowest BCUT2D eigenvalue weighted by Crippen LogP contribution is -2.07. The van der Waals surface area contributed by atoms with Crippen LogP contribution in [0.15, 0.2) is 6.07 Å². The maximum Gasteiger partial charge on any atom is 0.240 e. The van der Waals surface area contributed by atoms with E-state index in [2.05, 4.69) is 4.98 Å². The van der Waals surface area contributed by atoms with Crippen molar-refractivity contribution in [2.45, 2.75) is 20.8 Å². The van der Waals surface area contributed by atoms with Crippen molar-refractivity contribution < 1.29 is 14.3 Å². The molecule has 5 heteroatoms. The van der Waals surface area contributed by atoms with Crippen LogP contribution in [0.25, 0.3) is 0 Å². The van der Waals surface area contributed by atoms with Crippen LogP contribution in [-0.4, -0.2) is 24.0 Å². The van der Waals surface area contributed by atoms with Gasteiger partial charge >= 0.3 is 0 Å². The predicted octanol–water partition coefficient (Wildman–Crippen LogP) is 1.66. The quantitative estimate of drug-likeness (QED) is 0.770. The zero-order valence-electron chi connectivity index (χ0n) is 9.74. The lowest BCUT2D eigenvalue weighted by Gasteiger charge is -2.11. The number of rotatable bonds is 5. The van der Waals surface area contributed by atoms with Crippen molar-refractivity contribution in [2.24, 2.45) is 0 Å². The number of ether oxygens (including phenoxy) is 2. The van der Waals surface area contributed by atoms with E-state index in [1.54, 1.807) is 0 Å². The van der Waals surface area contributed by atoms with Crippen molar-refractivity contribution in [1.82, 2.24) is 4.98 Å². The lowest BCUT2D eigenvalue weighted by molar-refractivity contribution is 0.101. The van der Waals surface area contributed by atoms with Crippen molar-refractivity contribution in [3.8, 4) is 11.8 Å². The molecule has 5 nitrogen and oxygen atoms in total. The highest BCUT2D eigenvalue weighted by Crippen LogP contribution is 2.27. The first kappa shape index (κ1) is 12.3. The molecule has 0 atom stereocenters. The van der Waals surface area contributed by atoms with Gasteiger partial charge in [0.25, 0.3) is 0 Å². The Labute approximate surface area is 94.6 Å². The SMILES string of the molecule is CCOc1nc(OCC)c(C(C)=O)cc1N. The zero-order chi connectivity index (χ0) is 12.1. The van der Waals surface area contributed by atoms with Crippen molar-refractivity contribution in [2.75, 3.05) is 18.9 Å². The Kier molecular flexibility index (Phi) is 4.10. The first-order chi connectivity index (χ1) is 7.60. The number of ketones is 1. The van der Waals surface area contributed by atoms with Crippen LogP contribution < -0.4 is 15.2 Å². The Morgan fingerprint density at radius 1 is 1.31 bits per heavy atom. The van der Waals surface area contributed by atoms with Crippen LogP contribution in [0.2, 0.25) is 0 Å². The number of anilines is 1. The highest BCUT2D eigenvalue weighted by atomic mass is 16.5. The van der Waals surface area contributed by atoms with E-state index in [9.17, 15) is 4.79 Å². The van der Waals surface area contributed by atoms with E-state index < -0.39 is 0 Å². The molecule has 0 aliphatic heterocycles. The summed E-state index contributed by atoms with van der Waals surface area (Å²) in [6, 6.07) is 1.53. The van der Waals surface area contributed by atoms with Gasteiger partial charge in [-0.1, -0.05) is 0 Å². The maximum absolute atomic E-state index is 11.3. The summed E-state index contributed by atoms with van der Waals surface area (Å²) in [5, 5.41) is 0. The monoisotopic (exact) mass is 224 g/mol. The van der Waals surface area contributed by atoms with Gasteiger partial charge < -0.3 is 15.2 Å². The van der Waals surface area contributed by atoms with Gasteiger partial charge in [-0.25, -0.2) is 0 Å². The number of carbonyl (C=O) groups is 1. The van der Waals surface area contributed by atoms with Crippen LogP contribution >= 0.6 is 0 Å². The summed E-state index contributed by atoms with van der Waals surface area (Å²) in [6.45, 7) is 5.99. The minimum Gasteiger partial charge on any atom is -0.477 e. The van der Waals surface area contributed by atoms with E-state index in [1.165, 1.54) is 13.0 Å². The Morgan fingerprint density at radius 3 is 2.38 bits per heavy atom. The zero-order valence-corrected chi connectivity index (χ0v) is 9.74. The average Bonchev–Trinajstić information content (AvgIpc) is 2.23. The molecular formula is C11H16N2O3. The summed E-state index contributed by atoms with van der Waals surface area (Å²) in [5.74, 6) is 0.439. The number of nitrogens with zero attached hydrogens (tertiary/aromatic N) is 1. The molecule has 0 aliphatic rings. The summed E-state index contributed by atoms with van der Waals surface area (Å²) < 4.78 is 10.5. The molecule has 0 saturated carbocycles. The molecule has 16 heavy (non-hydrogen) atoms. The summed E-state index contributed by atoms with van der Waals surface area (Å²) in [7, 11) is 0. The van der Waals surface area contributed by atoms with Crippen molar-refractivity contribution >= 4 is 11.5 Å². The Hall–Kier alpha value is -1.78. The standard InChI is InChI=1S/C11H16N2O3/c1-4-15-10-8(7(3)14)6-9(12)11(13-10)16-5-2/h6H,4-5,12H2,1-3H3. The van der Waals surface area contributed by atoms with Gasteiger partial charge in [0.15, 0.2) is 5.78 Å². The van der Waals surface area contributed by atoms with Gasteiger partial charge in [-0.15, -0.1) is 0 Å². The highest BCUT2D eigenvalue weighted by Gasteiger charge is 2.14. The van der Waals surface area contributed by atoms with E-state index in [1.807, 2.05) is 13.8 Å². The van der Waals surface area contributed by atoms with Crippen LogP contribution in [0, 0.1) is 0 Å². The molecule has 0 aliphatic carbocycles. The first-order valence-electron chi connectivity index (χ1n) is 5.17. The second-order valence-corrected chi connectivity index (χ2v) is 3.16. The summed E-state index contributed by atoms with van der Waals surface area (Å²) in [5.41, 5.74) is 6.44. The van der Waals surface area contributed by atoms with Gasteiger partial charge in [-0.2, -0.15) is 4.98 Å². The third kappa shape index (κ3) is 2.62. The van der Waals surface area contributed by atoms with E-state index >= 15 is 0 Å². The molecule has 2 N–H and O–H groups in total. The van der Waals surface area contributed by atoms with E-state index in [0.717, 1.165) is 0 Å². The molecule has 1 aromatic heterocycles. The van der Waals surface area contributed by atoms with Crippen LogP contribution in [0.4, 0.5) is 5.69 Å². The van der Waals surface area contributed by atoms with Gasteiger partial charge in [-0.3, -0.25) is 4.79 Å². The van der Waals surface area contributed by atoms with Crippen molar-refractivity contribution in [3.63, 3.8) is 0 Å². The summed E-state index contributed by atoms with van der Waals surface area (Å²) in [4.78, 5) is 15.4. The van der Waals surface area contributed by atoms with Crippen molar-refractivity contribution in [1.29, 1.82) is 0 Å². The molecule has 1 heterocycles. The molecule has 0 aromatic carbocycles. The van der Waals surface area contributed by atoms with Gasteiger partial charge in [0.1, 0.15) is 0 Å². The van der Waals surface area contributed by atoms with E-state index in [0.29, 0.717) is 30.3 Å². The summed E-state index contributed by atoms with van der Waals surface area (Å²) >= 11 is 0.